The van der Waals surface area contributed by atoms with Crippen LogP contribution in [-0.2, 0) is 9.59 Å². The normalized spacial score (nSPS) is 11.9. The molecule has 0 radical (unpaired) electrons. The number of hydrazine groups is 1. The van der Waals surface area contributed by atoms with Crippen molar-refractivity contribution in [1.29, 1.82) is 0 Å². The van der Waals surface area contributed by atoms with Gasteiger partial charge < -0.3 is 10.8 Å². The first-order chi connectivity index (χ1) is 8.02. The van der Waals surface area contributed by atoms with E-state index in [-0.39, 0.29) is 18.7 Å². The summed E-state index contributed by atoms with van der Waals surface area (Å²) in [7, 11) is 0. The molecule has 0 spiro atoms. The lowest BCUT2D eigenvalue weighted by Gasteiger charge is -2.17. The summed E-state index contributed by atoms with van der Waals surface area (Å²) >= 11 is 0. The van der Waals surface area contributed by atoms with Crippen LogP contribution in [0.1, 0.15) is 12.8 Å². The van der Waals surface area contributed by atoms with Crippen molar-refractivity contribution in [2.45, 2.75) is 18.9 Å². The van der Waals surface area contributed by atoms with Gasteiger partial charge in [-0.15, -0.1) is 0 Å². The van der Waals surface area contributed by atoms with Crippen molar-refractivity contribution in [3.8, 4) is 0 Å². The van der Waals surface area contributed by atoms with Gasteiger partial charge in [0, 0.05) is 6.42 Å². The molecule has 1 rings (SSSR count). The van der Waals surface area contributed by atoms with Crippen LogP contribution in [0.15, 0.2) is 30.3 Å². The molecule has 0 bridgehead atoms. The fourth-order valence-electron chi connectivity index (χ4n) is 1.26. The first kappa shape index (κ1) is 13.1. The molecule has 0 aliphatic heterocycles. The third-order valence-electron chi connectivity index (χ3n) is 2.29. The van der Waals surface area contributed by atoms with Crippen molar-refractivity contribution in [2.75, 3.05) is 5.01 Å². The van der Waals surface area contributed by atoms with Crippen molar-refractivity contribution in [1.82, 2.24) is 0 Å². The molecule has 0 saturated carbocycles. The minimum absolute atomic E-state index is 0.00113. The molecule has 1 amide bonds. The number of para-hydroxylation sites is 1. The number of aliphatic carboxylic acids is 1. The summed E-state index contributed by atoms with van der Waals surface area (Å²) < 4.78 is 0. The van der Waals surface area contributed by atoms with Gasteiger partial charge in [0.1, 0.15) is 6.04 Å². The van der Waals surface area contributed by atoms with Gasteiger partial charge in [-0.25, -0.2) is 10.9 Å². The maximum atomic E-state index is 11.6. The average molecular weight is 237 g/mol. The van der Waals surface area contributed by atoms with Gasteiger partial charge in [0.15, 0.2) is 0 Å². The molecular formula is C11H15N3O3. The number of amides is 1. The molecule has 6 nitrogen and oxygen atoms in total. The molecule has 0 unspecified atom stereocenters. The first-order valence-electron chi connectivity index (χ1n) is 5.13. The molecule has 0 saturated heterocycles. The zero-order valence-corrected chi connectivity index (χ0v) is 9.24. The fourth-order valence-corrected chi connectivity index (χ4v) is 1.26. The predicted octanol–water partition coefficient (Wildman–Crippen LogP) is 0.0854. The van der Waals surface area contributed by atoms with Gasteiger partial charge in [-0.05, 0) is 18.6 Å². The Hall–Kier alpha value is -1.92. The number of hydrogen-bond acceptors (Lipinski definition) is 4. The Kier molecular flexibility index (Phi) is 4.62. The van der Waals surface area contributed by atoms with Crippen LogP contribution in [-0.4, -0.2) is 23.0 Å². The number of carbonyl (C=O) groups is 2. The molecule has 17 heavy (non-hydrogen) atoms. The number of rotatable bonds is 5. The van der Waals surface area contributed by atoms with Gasteiger partial charge in [-0.2, -0.15) is 0 Å². The van der Waals surface area contributed by atoms with E-state index >= 15 is 0 Å². The van der Waals surface area contributed by atoms with Crippen LogP contribution >= 0.6 is 0 Å². The van der Waals surface area contributed by atoms with Crippen LogP contribution in [0.2, 0.25) is 0 Å². The topological polar surface area (TPSA) is 110 Å². The minimum atomic E-state index is -1.12. The molecule has 5 N–H and O–H groups in total. The number of carboxylic acid groups (broad SMARTS) is 1. The van der Waals surface area contributed by atoms with Crippen LogP contribution in [0.4, 0.5) is 5.69 Å². The van der Waals surface area contributed by atoms with E-state index in [4.69, 9.17) is 16.7 Å². The number of carbonyl (C=O) groups excluding carboxylic acids is 1. The van der Waals surface area contributed by atoms with E-state index in [1.54, 1.807) is 24.3 Å². The number of anilines is 1. The highest BCUT2D eigenvalue weighted by molar-refractivity contribution is 5.92. The van der Waals surface area contributed by atoms with Gasteiger partial charge in [0.25, 0.3) is 0 Å². The predicted molar refractivity (Wildman–Crippen MR) is 63.0 cm³/mol. The third-order valence-corrected chi connectivity index (χ3v) is 2.29. The largest absolute Gasteiger partial charge is 0.480 e. The van der Waals surface area contributed by atoms with Gasteiger partial charge in [0.2, 0.25) is 5.91 Å². The molecule has 6 heteroatoms. The highest BCUT2D eigenvalue weighted by atomic mass is 16.4. The number of nitrogens with two attached hydrogens (primary N) is 2. The first-order valence-corrected chi connectivity index (χ1v) is 5.13. The molecule has 0 heterocycles. The van der Waals surface area contributed by atoms with Crippen molar-refractivity contribution in [3.05, 3.63) is 30.3 Å². The number of hydrogen-bond donors (Lipinski definition) is 3. The highest BCUT2D eigenvalue weighted by Gasteiger charge is 2.16. The zero-order chi connectivity index (χ0) is 12.8. The second kappa shape index (κ2) is 5.97. The molecule has 1 aromatic carbocycles. The molecular weight excluding hydrogens is 222 g/mol. The second-order valence-electron chi connectivity index (χ2n) is 3.58. The van der Waals surface area contributed by atoms with Crippen LogP contribution < -0.4 is 16.6 Å². The molecule has 92 valence electrons. The Balaban J connectivity index is 2.51. The lowest BCUT2D eigenvalue weighted by atomic mass is 10.1. The molecule has 0 aromatic heterocycles. The molecule has 0 aliphatic rings. The SMILES string of the molecule is N[C@@H](CCC(=O)N(N)c1ccccc1)C(=O)O. The minimum Gasteiger partial charge on any atom is -0.480 e. The van der Waals surface area contributed by atoms with E-state index in [2.05, 4.69) is 0 Å². The Morgan fingerprint density at radius 3 is 2.41 bits per heavy atom. The Labute approximate surface area is 98.8 Å². The van der Waals surface area contributed by atoms with Gasteiger partial charge in [-0.3, -0.25) is 9.59 Å². The zero-order valence-electron chi connectivity index (χ0n) is 9.24. The summed E-state index contributed by atoms with van der Waals surface area (Å²) in [5.41, 5.74) is 5.85. The van der Waals surface area contributed by atoms with Crippen molar-refractivity contribution in [3.63, 3.8) is 0 Å². The Morgan fingerprint density at radius 2 is 1.88 bits per heavy atom. The van der Waals surface area contributed by atoms with Crippen LogP contribution in [0.25, 0.3) is 0 Å². The molecule has 1 atom stereocenters. The van der Waals surface area contributed by atoms with Crippen LogP contribution in [0.3, 0.4) is 0 Å². The average Bonchev–Trinajstić information content (AvgIpc) is 2.35. The highest BCUT2D eigenvalue weighted by Crippen LogP contribution is 2.11. The Bertz CT molecular complexity index is 394. The van der Waals surface area contributed by atoms with E-state index in [1.807, 2.05) is 6.07 Å². The maximum absolute atomic E-state index is 11.6. The van der Waals surface area contributed by atoms with Crippen molar-refractivity contribution >= 4 is 17.6 Å². The van der Waals surface area contributed by atoms with Crippen LogP contribution in [0, 0.1) is 0 Å². The molecule has 0 fully saturated rings. The van der Waals surface area contributed by atoms with E-state index in [0.717, 1.165) is 5.01 Å². The van der Waals surface area contributed by atoms with Crippen molar-refractivity contribution in [2.24, 2.45) is 11.6 Å². The quantitative estimate of drug-likeness (QED) is 0.382. The second-order valence-corrected chi connectivity index (χ2v) is 3.58. The molecule has 0 aliphatic carbocycles. The van der Waals surface area contributed by atoms with Crippen LogP contribution in [0.5, 0.6) is 0 Å². The summed E-state index contributed by atoms with van der Waals surface area (Å²) in [6.07, 6.45) is 0.0631. The van der Waals surface area contributed by atoms with E-state index in [0.29, 0.717) is 5.69 Å². The van der Waals surface area contributed by atoms with E-state index in [1.165, 1.54) is 0 Å². The lowest BCUT2D eigenvalue weighted by molar-refractivity contribution is -0.138. The van der Waals surface area contributed by atoms with Gasteiger partial charge in [-0.1, -0.05) is 18.2 Å². The fraction of sp³-hybridized carbons (Fsp3) is 0.273. The summed E-state index contributed by atoms with van der Waals surface area (Å²) in [5.74, 6) is 4.10. The number of nitrogens with zero attached hydrogens (tertiary/aromatic N) is 1. The number of carboxylic acids is 1. The summed E-state index contributed by atoms with van der Waals surface area (Å²) in [6, 6.07) is 7.66. The van der Waals surface area contributed by atoms with E-state index in [9.17, 15) is 9.59 Å². The standard InChI is InChI=1S/C11H15N3O3/c12-9(11(16)17)6-7-10(15)14(13)8-4-2-1-3-5-8/h1-5,9H,6-7,12-13H2,(H,16,17)/t9-/m0/s1. The summed E-state index contributed by atoms with van der Waals surface area (Å²) in [6.45, 7) is 0. The summed E-state index contributed by atoms with van der Waals surface area (Å²) in [4.78, 5) is 22.1. The third kappa shape index (κ3) is 3.86. The monoisotopic (exact) mass is 237 g/mol. The number of benzene rings is 1. The summed E-state index contributed by atoms with van der Waals surface area (Å²) in [5, 5.41) is 9.56. The van der Waals surface area contributed by atoms with Gasteiger partial charge in [0.05, 0.1) is 5.69 Å². The lowest BCUT2D eigenvalue weighted by Crippen LogP contribution is -2.39. The molecule has 1 aromatic rings. The van der Waals surface area contributed by atoms with E-state index < -0.39 is 12.0 Å². The van der Waals surface area contributed by atoms with Gasteiger partial charge >= 0.3 is 5.97 Å². The Morgan fingerprint density at radius 1 is 1.29 bits per heavy atom. The maximum Gasteiger partial charge on any atom is 0.320 e. The van der Waals surface area contributed by atoms with Crippen molar-refractivity contribution < 1.29 is 14.7 Å². The smallest absolute Gasteiger partial charge is 0.320 e.